The van der Waals surface area contributed by atoms with Gasteiger partial charge in [-0.3, -0.25) is 29.0 Å². The molecule has 224 valence electrons. The molecule has 1 saturated carbocycles. The fourth-order valence-corrected chi connectivity index (χ4v) is 6.83. The molecule has 2 fully saturated rings. The number of nitriles is 1. The summed E-state index contributed by atoms with van der Waals surface area (Å²) >= 11 is 0. The molecular formula is C36H36N4O4. The van der Waals surface area contributed by atoms with Crippen LogP contribution in [-0.4, -0.2) is 65.4 Å². The summed E-state index contributed by atoms with van der Waals surface area (Å²) < 4.78 is 0. The molecule has 1 atom stereocenters. The summed E-state index contributed by atoms with van der Waals surface area (Å²) in [5.41, 5.74) is 8.26. The normalized spacial score (nSPS) is 19.0. The molecule has 3 aromatic carbocycles. The number of rotatable bonds is 7. The van der Waals surface area contributed by atoms with Crippen LogP contribution in [0.4, 0.5) is 5.69 Å². The van der Waals surface area contributed by atoms with Crippen molar-refractivity contribution in [3.8, 4) is 6.07 Å². The van der Waals surface area contributed by atoms with E-state index in [0.717, 1.165) is 55.2 Å². The first kappa shape index (κ1) is 29.5. The lowest BCUT2D eigenvalue weighted by Gasteiger charge is -2.37. The van der Waals surface area contributed by atoms with Gasteiger partial charge in [0.05, 0.1) is 35.2 Å². The Morgan fingerprint density at radius 3 is 2.34 bits per heavy atom. The molecule has 0 radical (unpaired) electrons. The summed E-state index contributed by atoms with van der Waals surface area (Å²) in [6.07, 6.45) is 1.52. The van der Waals surface area contributed by atoms with Crippen LogP contribution >= 0.6 is 0 Å². The van der Waals surface area contributed by atoms with Gasteiger partial charge in [-0.05, 0) is 85.2 Å². The van der Waals surface area contributed by atoms with Crippen LogP contribution in [0.2, 0.25) is 0 Å². The molecule has 44 heavy (non-hydrogen) atoms. The van der Waals surface area contributed by atoms with Crippen molar-refractivity contribution in [2.24, 2.45) is 0 Å². The van der Waals surface area contributed by atoms with Gasteiger partial charge in [0.1, 0.15) is 5.78 Å². The third-order valence-electron chi connectivity index (χ3n) is 9.31. The zero-order valence-corrected chi connectivity index (χ0v) is 25.3. The van der Waals surface area contributed by atoms with Gasteiger partial charge < -0.3 is 4.90 Å². The summed E-state index contributed by atoms with van der Waals surface area (Å²) in [6, 6.07) is 19.2. The number of Topliss-reactive ketones (excluding diaryl/α,β-unsaturated/α-hetero) is 2. The van der Waals surface area contributed by atoms with E-state index in [-0.39, 0.29) is 30.8 Å². The van der Waals surface area contributed by atoms with Gasteiger partial charge in [0.2, 0.25) is 0 Å². The van der Waals surface area contributed by atoms with Crippen molar-refractivity contribution in [1.82, 2.24) is 9.80 Å². The molecule has 2 aliphatic heterocycles. The number of ketones is 2. The Bertz CT molecular complexity index is 1710. The first-order valence-electron chi connectivity index (χ1n) is 15.3. The van der Waals surface area contributed by atoms with Crippen LogP contribution in [0.5, 0.6) is 0 Å². The molecule has 0 N–H and O–H groups in total. The predicted molar refractivity (Wildman–Crippen MR) is 167 cm³/mol. The lowest BCUT2D eigenvalue weighted by Crippen LogP contribution is -2.47. The Kier molecular flexibility index (Phi) is 8.15. The number of amides is 2. The summed E-state index contributed by atoms with van der Waals surface area (Å²) in [4.78, 5) is 56.8. The van der Waals surface area contributed by atoms with Gasteiger partial charge >= 0.3 is 0 Å². The second-order valence-corrected chi connectivity index (χ2v) is 12.2. The van der Waals surface area contributed by atoms with E-state index in [0.29, 0.717) is 23.1 Å². The van der Waals surface area contributed by atoms with Gasteiger partial charge in [-0.15, -0.1) is 0 Å². The predicted octanol–water partition coefficient (Wildman–Crippen LogP) is 4.57. The number of carbonyl (C=O) groups excluding carboxylic acids is 4. The number of piperazine rings is 1. The van der Waals surface area contributed by atoms with Crippen molar-refractivity contribution in [3.05, 3.63) is 99.1 Å². The maximum Gasteiger partial charge on any atom is 0.262 e. The average molecular weight is 589 g/mol. The number of benzene rings is 3. The molecule has 3 aliphatic rings. The summed E-state index contributed by atoms with van der Waals surface area (Å²) in [7, 11) is 0. The smallest absolute Gasteiger partial charge is 0.262 e. The minimum absolute atomic E-state index is 0.137. The van der Waals surface area contributed by atoms with E-state index in [1.54, 1.807) is 12.1 Å². The van der Waals surface area contributed by atoms with Crippen LogP contribution in [0.25, 0.3) is 0 Å². The summed E-state index contributed by atoms with van der Waals surface area (Å²) in [5, 5.41) is 9.16. The quantitative estimate of drug-likeness (QED) is 0.294. The second kappa shape index (κ2) is 12.2. The average Bonchev–Trinajstić information content (AvgIpc) is 3.27. The van der Waals surface area contributed by atoms with Crippen molar-refractivity contribution in [2.75, 3.05) is 31.1 Å². The largest absolute Gasteiger partial charge is 0.369 e. The third kappa shape index (κ3) is 5.68. The molecule has 2 amide bonds. The van der Waals surface area contributed by atoms with Gasteiger partial charge in [0.15, 0.2) is 5.78 Å². The molecule has 8 nitrogen and oxygen atoms in total. The molecule has 3 aromatic rings. The molecule has 6 rings (SSSR count). The van der Waals surface area contributed by atoms with E-state index >= 15 is 0 Å². The van der Waals surface area contributed by atoms with Crippen LogP contribution in [-0.2, 0) is 29.0 Å². The number of anilines is 1. The minimum Gasteiger partial charge on any atom is -0.369 e. The lowest BCUT2D eigenvalue weighted by atomic mass is 9.92. The second-order valence-electron chi connectivity index (χ2n) is 12.2. The Balaban J connectivity index is 1.07. The van der Waals surface area contributed by atoms with E-state index in [2.05, 4.69) is 54.0 Å². The van der Waals surface area contributed by atoms with Crippen molar-refractivity contribution < 1.29 is 19.2 Å². The highest BCUT2D eigenvalue weighted by Gasteiger charge is 2.45. The number of nitrogens with zero attached hydrogens (tertiary/aromatic N) is 4. The third-order valence-corrected chi connectivity index (χ3v) is 9.31. The molecule has 1 unspecified atom stereocenters. The van der Waals surface area contributed by atoms with E-state index in [4.69, 9.17) is 5.26 Å². The Morgan fingerprint density at radius 1 is 0.841 bits per heavy atom. The van der Waals surface area contributed by atoms with Gasteiger partial charge in [0, 0.05) is 44.8 Å². The minimum atomic E-state index is -0.855. The summed E-state index contributed by atoms with van der Waals surface area (Å²) in [5.74, 6) is -1.35. The van der Waals surface area contributed by atoms with E-state index in [1.807, 2.05) is 18.2 Å². The van der Waals surface area contributed by atoms with Crippen LogP contribution in [0.3, 0.4) is 0 Å². The molecule has 1 saturated heterocycles. The fraction of sp³-hybridized carbons (Fsp3) is 0.361. The molecule has 8 heteroatoms. The van der Waals surface area contributed by atoms with Gasteiger partial charge in [0.25, 0.3) is 11.8 Å². The number of carbonyl (C=O) groups is 4. The molecule has 1 aliphatic carbocycles. The van der Waals surface area contributed by atoms with Crippen molar-refractivity contribution in [1.29, 1.82) is 5.26 Å². The zero-order chi connectivity index (χ0) is 31.0. The standard InChI is InChI=1S/C36H36N4O4/c1-23-18-25(7-10-28(23)22-38-14-16-39(17-15-38)31-12-8-26(21-37)19-24(31)2)6-9-27-4-3-5-30-34(27)36(44)40(35(30)43)32-13-11-29(41)20-33(32)42/h3-5,7-8,10,12,18-19,32H,6,9,11,13-17,20,22H2,1-2H3. The molecule has 2 heterocycles. The zero-order valence-electron chi connectivity index (χ0n) is 25.3. The topological polar surface area (TPSA) is 102 Å². The van der Waals surface area contributed by atoms with E-state index < -0.39 is 17.9 Å². The van der Waals surface area contributed by atoms with Crippen molar-refractivity contribution in [3.63, 3.8) is 0 Å². The van der Waals surface area contributed by atoms with Crippen LogP contribution < -0.4 is 4.90 Å². The maximum atomic E-state index is 13.4. The van der Waals surface area contributed by atoms with Crippen LogP contribution in [0, 0.1) is 25.2 Å². The number of hydrogen-bond acceptors (Lipinski definition) is 7. The number of hydrogen-bond donors (Lipinski definition) is 0. The van der Waals surface area contributed by atoms with Crippen LogP contribution in [0.1, 0.15) is 73.4 Å². The highest BCUT2D eigenvalue weighted by molar-refractivity contribution is 6.24. The van der Waals surface area contributed by atoms with E-state index in [9.17, 15) is 19.2 Å². The molecule has 0 bridgehead atoms. The number of imide groups is 1. The summed E-state index contributed by atoms with van der Waals surface area (Å²) in [6.45, 7) is 8.90. The Labute approximate surface area is 257 Å². The first-order valence-corrected chi connectivity index (χ1v) is 15.3. The highest BCUT2D eigenvalue weighted by Crippen LogP contribution is 2.32. The monoisotopic (exact) mass is 588 g/mol. The van der Waals surface area contributed by atoms with Crippen molar-refractivity contribution in [2.45, 2.75) is 58.5 Å². The SMILES string of the molecule is Cc1cc(CCc2cccc3c2C(=O)N(C2CCC(=O)CC2=O)C3=O)ccc1CN1CCN(c2ccc(C#N)cc2C)CC1. The Hall–Kier alpha value is -4.61. The van der Waals surface area contributed by atoms with Crippen LogP contribution in [0.15, 0.2) is 54.6 Å². The van der Waals surface area contributed by atoms with E-state index in [1.165, 1.54) is 22.4 Å². The highest BCUT2D eigenvalue weighted by atomic mass is 16.2. The molecule has 0 spiro atoms. The number of aryl methyl sites for hydroxylation is 4. The molecular weight excluding hydrogens is 552 g/mol. The lowest BCUT2D eigenvalue weighted by molar-refractivity contribution is -0.132. The van der Waals surface area contributed by atoms with Gasteiger partial charge in [-0.25, -0.2) is 0 Å². The van der Waals surface area contributed by atoms with Gasteiger partial charge in [-0.2, -0.15) is 5.26 Å². The molecule has 0 aromatic heterocycles. The van der Waals surface area contributed by atoms with Gasteiger partial charge in [-0.1, -0.05) is 30.3 Å². The Morgan fingerprint density at radius 2 is 1.64 bits per heavy atom. The first-order chi connectivity index (χ1) is 21.2. The maximum absolute atomic E-state index is 13.4. The van der Waals surface area contributed by atoms with Crippen molar-refractivity contribution >= 4 is 29.1 Å². The number of fused-ring (bicyclic) bond motifs is 1. The fourth-order valence-electron chi connectivity index (χ4n) is 6.83.